The van der Waals surface area contributed by atoms with Crippen molar-refractivity contribution in [3.05, 3.63) is 88.8 Å². The maximum atomic E-state index is 13.4. The SMILES string of the molecule is Cn1c(=O)n(C)c2cc(NC(=O)[C@@H]3CN(S(=O)(=O)Cc4ccccc4)c4ccccc4O3)ccc21. The van der Waals surface area contributed by atoms with Gasteiger partial charge in [0.1, 0.15) is 5.75 Å². The lowest BCUT2D eigenvalue weighted by Gasteiger charge is -2.34. The summed E-state index contributed by atoms with van der Waals surface area (Å²) in [5, 5.41) is 2.80. The van der Waals surface area contributed by atoms with E-state index in [9.17, 15) is 18.0 Å². The monoisotopic (exact) mass is 492 g/mol. The second-order valence-electron chi connectivity index (χ2n) is 8.44. The van der Waals surface area contributed by atoms with Crippen molar-refractivity contribution >= 4 is 38.3 Å². The summed E-state index contributed by atoms with van der Waals surface area (Å²) in [6.07, 6.45) is -1.06. The number of sulfonamides is 1. The molecule has 4 aromatic rings. The standard InChI is InChI=1S/C25H24N4O5S/c1-27-19-13-12-18(14-21(19)28(2)25(27)31)26-24(30)23-15-29(20-10-6-7-11-22(20)34-23)35(32,33)16-17-8-4-3-5-9-17/h3-14,23H,15-16H2,1-2H3,(H,26,30)/t23-/m0/s1. The molecule has 1 aliphatic rings. The van der Waals surface area contributed by atoms with Crippen LogP contribution in [0.2, 0.25) is 0 Å². The minimum absolute atomic E-state index is 0.163. The van der Waals surface area contributed by atoms with E-state index in [2.05, 4.69) is 5.32 Å². The van der Waals surface area contributed by atoms with E-state index in [1.54, 1.807) is 80.8 Å². The number of nitrogens with zero attached hydrogens (tertiary/aromatic N) is 3. The molecule has 3 aromatic carbocycles. The normalized spacial score (nSPS) is 15.5. The van der Waals surface area contributed by atoms with Gasteiger partial charge < -0.3 is 10.1 Å². The quantitative estimate of drug-likeness (QED) is 0.461. The number of aryl methyl sites for hydroxylation is 2. The highest BCUT2D eigenvalue weighted by molar-refractivity contribution is 7.92. The Kier molecular flexibility index (Phi) is 5.60. The van der Waals surface area contributed by atoms with Crippen molar-refractivity contribution < 1.29 is 17.9 Å². The number of benzene rings is 3. The number of amides is 1. The number of ether oxygens (including phenoxy) is 1. The highest BCUT2D eigenvalue weighted by Crippen LogP contribution is 2.36. The molecule has 1 atom stereocenters. The fourth-order valence-electron chi connectivity index (χ4n) is 4.27. The fraction of sp³-hybridized carbons (Fsp3) is 0.200. The summed E-state index contributed by atoms with van der Waals surface area (Å²) >= 11 is 0. The number of hydrogen-bond acceptors (Lipinski definition) is 5. The van der Waals surface area contributed by atoms with Gasteiger partial charge in [0.15, 0.2) is 6.10 Å². The molecular formula is C25H24N4O5S. The molecule has 0 radical (unpaired) electrons. The molecule has 1 aromatic heterocycles. The van der Waals surface area contributed by atoms with Crippen LogP contribution in [0.3, 0.4) is 0 Å². The number of para-hydroxylation sites is 2. The molecule has 0 saturated carbocycles. The Morgan fingerprint density at radius 1 is 0.971 bits per heavy atom. The van der Waals surface area contributed by atoms with Crippen LogP contribution in [0.1, 0.15) is 5.56 Å². The molecule has 1 amide bonds. The van der Waals surface area contributed by atoms with E-state index in [1.165, 1.54) is 13.4 Å². The maximum Gasteiger partial charge on any atom is 0.328 e. The molecular weight excluding hydrogens is 468 g/mol. The van der Waals surface area contributed by atoms with Gasteiger partial charge in [-0.3, -0.25) is 18.2 Å². The Hall–Kier alpha value is -4.05. The minimum Gasteiger partial charge on any atom is -0.476 e. The number of anilines is 2. The molecule has 1 N–H and O–H groups in total. The van der Waals surface area contributed by atoms with Crippen LogP contribution in [-0.2, 0) is 34.7 Å². The van der Waals surface area contributed by atoms with Crippen molar-refractivity contribution in [2.75, 3.05) is 16.2 Å². The molecule has 0 aliphatic carbocycles. The van der Waals surface area contributed by atoms with Gasteiger partial charge in [-0.1, -0.05) is 42.5 Å². The van der Waals surface area contributed by atoms with Gasteiger partial charge in [0.25, 0.3) is 5.91 Å². The van der Waals surface area contributed by atoms with Gasteiger partial charge in [-0.2, -0.15) is 0 Å². The Morgan fingerprint density at radius 3 is 2.43 bits per heavy atom. The second-order valence-corrected chi connectivity index (χ2v) is 10.3. The number of carbonyl (C=O) groups is 1. The van der Waals surface area contributed by atoms with Gasteiger partial charge in [-0.15, -0.1) is 0 Å². The number of rotatable bonds is 5. The first-order valence-corrected chi connectivity index (χ1v) is 12.6. The zero-order chi connectivity index (χ0) is 24.7. The molecule has 0 unspecified atom stereocenters. The lowest BCUT2D eigenvalue weighted by Crippen LogP contribution is -2.49. The Balaban J connectivity index is 1.43. The van der Waals surface area contributed by atoms with Crippen molar-refractivity contribution in [2.24, 2.45) is 14.1 Å². The number of fused-ring (bicyclic) bond motifs is 2. The average molecular weight is 493 g/mol. The fourth-order valence-corrected chi connectivity index (χ4v) is 5.85. The van der Waals surface area contributed by atoms with Gasteiger partial charge >= 0.3 is 5.69 Å². The number of imidazole rings is 1. The third-order valence-electron chi connectivity index (χ3n) is 6.09. The van der Waals surface area contributed by atoms with E-state index >= 15 is 0 Å². The Morgan fingerprint density at radius 2 is 1.66 bits per heavy atom. The van der Waals surface area contributed by atoms with Crippen LogP contribution < -0.4 is 20.0 Å². The van der Waals surface area contributed by atoms with Crippen LogP contribution in [-0.4, -0.2) is 36.1 Å². The van der Waals surface area contributed by atoms with E-state index in [1.807, 2.05) is 6.07 Å². The molecule has 2 heterocycles. The molecule has 0 saturated heterocycles. The molecule has 5 rings (SSSR count). The first kappa shape index (κ1) is 22.7. The Labute approximate surface area is 202 Å². The highest BCUT2D eigenvalue weighted by atomic mass is 32.2. The largest absolute Gasteiger partial charge is 0.476 e. The summed E-state index contributed by atoms with van der Waals surface area (Å²) in [6.45, 7) is -0.163. The summed E-state index contributed by atoms with van der Waals surface area (Å²) < 4.78 is 36.9. The van der Waals surface area contributed by atoms with Gasteiger partial charge in [-0.05, 0) is 35.9 Å². The predicted octanol–water partition coefficient (Wildman–Crippen LogP) is 2.61. The molecule has 180 valence electrons. The molecule has 1 aliphatic heterocycles. The summed E-state index contributed by atoms with van der Waals surface area (Å²) in [6, 6.07) is 20.8. The third-order valence-corrected chi connectivity index (χ3v) is 7.81. The lowest BCUT2D eigenvalue weighted by molar-refractivity contribution is -0.122. The highest BCUT2D eigenvalue weighted by Gasteiger charge is 2.36. The van der Waals surface area contributed by atoms with E-state index in [-0.39, 0.29) is 18.0 Å². The zero-order valence-electron chi connectivity index (χ0n) is 19.2. The Bertz CT molecular complexity index is 1590. The summed E-state index contributed by atoms with van der Waals surface area (Å²) in [5.74, 6) is -0.369. The summed E-state index contributed by atoms with van der Waals surface area (Å²) in [5.41, 5.74) is 2.75. The van der Waals surface area contributed by atoms with Crippen molar-refractivity contribution in [3.63, 3.8) is 0 Å². The van der Waals surface area contributed by atoms with Crippen LogP contribution in [0.4, 0.5) is 11.4 Å². The molecule has 10 heteroatoms. The topological polar surface area (TPSA) is 103 Å². The number of carbonyl (C=O) groups excluding carboxylic acids is 1. The van der Waals surface area contributed by atoms with Crippen LogP contribution in [0, 0.1) is 0 Å². The van der Waals surface area contributed by atoms with E-state index < -0.39 is 22.0 Å². The molecule has 9 nitrogen and oxygen atoms in total. The van der Waals surface area contributed by atoms with Gasteiger partial charge in [0.2, 0.25) is 10.0 Å². The van der Waals surface area contributed by atoms with Crippen molar-refractivity contribution in [3.8, 4) is 5.75 Å². The van der Waals surface area contributed by atoms with Crippen molar-refractivity contribution in [1.29, 1.82) is 0 Å². The molecule has 0 bridgehead atoms. The smallest absolute Gasteiger partial charge is 0.328 e. The summed E-state index contributed by atoms with van der Waals surface area (Å²) in [4.78, 5) is 25.4. The molecule has 35 heavy (non-hydrogen) atoms. The van der Waals surface area contributed by atoms with Crippen LogP contribution in [0.25, 0.3) is 11.0 Å². The average Bonchev–Trinajstić information content (AvgIpc) is 3.07. The first-order valence-electron chi connectivity index (χ1n) is 11.0. The van der Waals surface area contributed by atoms with Gasteiger partial charge in [0.05, 0.1) is 29.0 Å². The molecule has 0 fully saturated rings. The predicted molar refractivity (Wildman–Crippen MR) is 134 cm³/mol. The van der Waals surface area contributed by atoms with Crippen molar-refractivity contribution in [1.82, 2.24) is 9.13 Å². The summed E-state index contributed by atoms with van der Waals surface area (Å²) in [7, 11) is -0.452. The van der Waals surface area contributed by atoms with Gasteiger partial charge in [-0.25, -0.2) is 13.2 Å². The first-order chi connectivity index (χ1) is 16.7. The van der Waals surface area contributed by atoms with E-state index in [0.29, 0.717) is 28.2 Å². The maximum absolute atomic E-state index is 13.4. The second kappa shape index (κ2) is 8.62. The van der Waals surface area contributed by atoms with E-state index in [4.69, 9.17) is 4.74 Å². The number of hydrogen-bond donors (Lipinski definition) is 1. The minimum atomic E-state index is -3.79. The molecule has 0 spiro atoms. The van der Waals surface area contributed by atoms with Gasteiger partial charge in [0, 0.05) is 19.8 Å². The third kappa shape index (κ3) is 4.17. The van der Waals surface area contributed by atoms with E-state index in [0.717, 1.165) is 5.52 Å². The van der Waals surface area contributed by atoms with Crippen LogP contribution in [0.15, 0.2) is 77.6 Å². The number of aromatic nitrogens is 2. The van der Waals surface area contributed by atoms with Crippen molar-refractivity contribution in [2.45, 2.75) is 11.9 Å². The zero-order valence-corrected chi connectivity index (χ0v) is 20.0. The lowest BCUT2D eigenvalue weighted by atomic mass is 10.2. The van der Waals surface area contributed by atoms with Crippen LogP contribution in [0.5, 0.6) is 5.75 Å². The number of nitrogens with one attached hydrogen (secondary N) is 1. The van der Waals surface area contributed by atoms with Crippen LogP contribution >= 0.6 is 0 Å².